The fourth-order valence-corrected chi connectivity index (χ4v) is 4.51. The van der Waals surface area contributed by atoms with Crippen LogP contribution in [0.15, 0.2) is 103 Å². The van der Waals surface area contributed by atoms with Crippen molar-refractivity contribution < 1.29 is 14.2 Å². The van der Waals surface area contributed by atoms with Crippen molar-refractivity contribution in [3.05, 3.63) is 125 Å². The van der Waals surface area contributed by atoms with E-state index in [4.69, 9.17) is 14.2 Å². The second kappa shape index (κ2) is 7.18. The van der Waals surface area contributed by atoms with Crippen molar-refractivity contribution >= 4 is 5.69 Å². The van der Waals surface area contributed by atoms with Gasteiger partial charge >= 0.3 is 0 Å². The van der Waals surface area contributed by atoms with E-state index in [1.165, 1.54) is 0 Å². The molecule has 6 rings (SSSR count). The van der Waals surface area contributed by atoms with Crippen LogP contribution in [-0.4, -0.2) is 6.79 Å². The van der Waals surface area contributed by atoms with Gasteiger partial charge in [0.2, 0.25) is 6.79 Å². The van der Waals surface area contributed by atoms with E-state index in [1.54, 1.807) is 0 Å². The Balaban J connectivity index is 1.57. The van der Waals surface area contributed by atoms with Gasteiger partial charge in [-0.05, 0) is 29.3 Å². The lowest BCUT2D eigenvalue weighted by Crippen LogP contribution is -2.40. The Morgan fingerprint density at radius 1 is 0.677 bits per heavy atom. The first kappa shape index (κ1) is 18.0. The van der Waals surface area contributed by atoms with Crippen LogP contribution in [0.5, 0.6) is 11.5 Å². The number of anilines is 1. The minimum atomic E-state index is -0.759. The Morgan fingerprint density at radius 3 is 2.06 bits per heavy atom. The molecule has 31 heavy (non-hydrogen) atoms. The number of ether oxygens (including phenoxy) is 3. The van der Waals surface area contributed by atoms with Gasteiger partial charge in [-0.15, -0.1) is 0 Å². The van der Waals surface area contributed by atoms with E-state index >= 15 is 0 Å². The first-order chi connectivity index (χ1) is 15.3. The zero-order chi connectivity index (χ0) is 20.7. The molecule has 4 nitrogen and oxygen atoms in total. The summed E-state index contributed by atoms with van der Waals surface area (Å²) in [4.78, 5) is 0. The molecule has 0 aromatic heterocycles. The molecule has 0 spiro atoms. The number of hydrogen-bond acceptors (Lipinski definition) is 4. The lowest BCUT2D eigenvalue weighted by molar-refractivity contribution is -0.0432. The fourth-order valence-electron chi connectivity index (χ4n) is 4.51. The van der Waals surface area contributed by atoms with Crippen LogP contribution in [-0.2, 0) is 10.3 Å². The standard InChI is InChI=1S/C27H21NO3/c1-3-9-20(10-4-1)27(21-11-5-2-6-12-21)22-13-7-8-14-23(22)28-26(31-27)19-15-16-24-25(17-19)30-18-29-24/h1-17,26,28H,18H2/t26-/m0/s1. The molecule has 0 bridgehead atoms. The molecule has 2 heterocycles. The highest BCUT2D eigenvalue weighted by Gasteiger charge is 2.45. The fraction of sp³-hybridized carbons (Fsp3) is 0.111. The molecule has 0 saturated heterocycles. The molecular weight excluding hydrogens is 386 g/mol. The lowest BCUT2D eigenvalue weighted by atomic mass is 9.78. The van der Waals surface area contributed by atoms with Gasteiger partial charge in [0, 0.05) is 16.8 Å². The predicted molar refractivity (Wildman–Crippen MR) is 119 cm³/mol. The summed E-state index contributed by atoms with van der Waals surface area (Å²) in [5.41, 5.74) is 4.52. The van der Waals surface area contributed by atoms with E-state index in [9.17, 15) is 0 Å². The van der Waals surface area contributed by atoms with E-state index in [0.717, 1.165) is 39.4 Å². The first-order valence-corrected chi connectivity index (χ1v) is 10.4. The molecule has 0 radical (unpaired) electrons. The molecule has 1 N–H and O–H groups in total. The molecule has 0 unspecified atom stereocenters. The minimum Gasteiger partial charge on any atom is -0.454 e. The van der Waals surface area contributed by atoms with Gasteiger partial charge in [-0.25, -0.2) is 0 Å². The third kappa shape index (κ3) is 2.87. The van der Waals surface area contributed by atoms with Gasteiger partial charge < -0.3 is 19.5 Å². The Labute approximate surface area is 181 Å². The van der Waals surface area contributed by atoms with Crippen LogP contribution in [0, 0.1) is 0 Å². The zero-order valence-corrected chi connectivity index (χ0v) is 16.8. The lowest BCUT2D eigenvalue weighted by Gasteiger charge is -2.44. The van der Waals surface area contributed by atoms with Crippen molar-refractivity contribution in [2.24, 2.45) is 0 Å². The van der Waals surface area contributed by atoms with Crippen molar-refractivity contribution in [2.75, 3.05) is 12.1 Å². The van der Waals surface area contributed by atoms with Crippen LogP contribution >= 0.6 is 0 Å². The molecule has 0 amide bonds. The first-order valence-electron chi connectivity index (χ1n) is 10.4. The summed E-state index contributed by atoms with van der Waals surface area (Å²) in [6.45, 7) is 0.249. The molecular formula is C27H21NO3. The summed E-state index contributed by atoms with van der Waals surface area (Å²) in [5.74, 6) is 1.50. The molecule has 4 aromatic rings. The maximum Gasteiger partial charge on any atom is 0.231 e. The number of benzene rings is 4. The maximum absolute atomic E-state index is 7.01. The van der Waals surface area contributed by atoms with E-state index in [1.807, 2.05) is 30.3 Å². The second-order valence-corrected chi connectivity index (χ2v) is 7.71. The van der Waals surface area contributed by atoms with Crippen LogP contribution in [0.2, 0.25) is 0 Å². The molecule has 1 atom stereocenters. The van der Waals surface area contributed by atoms with Crippen molar-refractivity contribution in [2.45, 2.75) is 11.8 Å². The molecule has 4 heteroatoms. The second-order valence-electron chi connectivity index (χ2n) is 7.71. The van der Waals surface area contributed by atoms with E-state index in [-0.39, 0.29) is 13.0 Å². The summed E-state index contributed by atoms with van der Waals surface area (Å²) >= 11 is 0. The van der Waals surface area contributed by atoms with Gasteiger partial charge in [0.1, 0.15) is 5.60 Å². The highest BCUT2D eigenvalue weighted by atomic mass is 16.7. The van der Waals surface area contributed by atoms with Crippen molar-refractivity contribution in [3.63, 3.8) is 0 Å². The summed E-state index contributed by atoms with van der Waals surface area (Å²) in [5, 5.41) is 3.58. The number of rotatable bonds is 3. The highest BCUT2D eigenvalue weighted by molar-refractivity contribution is 5.64. The molecule has 4 aromatic carbocycles. The smallest absolute Gasteiger partial charge is 0.231 e. The van der Waals surface area contributed by atoms with Crippen LogP contribution in [0.25, 0.3) is 0 Å². The summed E-state index contributed by atoms with van der Waals surface area (Å²) < 4.78 is 18.1. The number of nitrogens with one attached hydrogen (secondary N) is 1. The summed E-state index contributed by atoms with van der Waals surface area (Å²) in [6, 6.07) is 35.1. The topological polar surface area (TPSA) is 39.7 Å². The maximum atomic E-state index is 7.01. The Bertz CT molecular complexity index is 1180. The normalized spacial score (nSPS) is 18.1. The average molecular weight is 407 g/mol. The van der Waals surface area contributed by atoms with Crippen LogP contribution in [0.4, 0.5) is 5.69 Å². The van der Waals surface area contributed by atoms with Crippen LogP contribution in [0.1, 0.15) is 28.5 Å². The number of hydrogen-bond donors (Lipinski definition) is 1. The Kier molecular flexibility index (Phi) is 4.18. The monoisotopic (exact) mass is 407 g/mol. The van der Waals surface area contributed by atoms with Gasteiger partial charge in [-0.2, -0.15) is 0 Å². The van der Waals surface area contributed by atoms with E-state index in [0.29, 0.717) is 0 Å². The van der Waals surface area contributed by atoms with E-state index < -0.39 is 5.60 Å². The van der Waals surface area contributed by atoms with Crippen molar-refractivity contribution in [1.82, 2.24) is 0 Å². The molecule has 0 saturated carbocycles. The Hall–Kier alpha value is -3.76. The van der Waals surface area contributed by atoms with E-state index in [2.05, 4.69) is 78.1 Å². The summed E-state index contributed by atoms with van der Waals surface area (Å²) in [7, 11) is 0. The van der Waals surface area contributed by atoms with Crippen LogP contribution in [0.3, 0.4) is 0 Å². The van der Waals surface area contributed by atoms with Crippen molar-refractivity contribution in [1.29, 1.82) is 0 Å². The Morgan fingerprint density at radius 2 is 1.32 bits per heavy atom. The molecule has 0 aliphatic carbocycles. The zero-order valence-electron chi connectivity index (χ0n) is 16.8. The quantitative estimate of drug-likeness (QED) is 0.463. The van der Waals surface area contributed by atoms with Gasteiger partial charge in [0.05, 0.1) is 0 Å². The predicted octanol–water partition coefficient (Wildman–Crippen LogP) is 5.85. The van der Waals surface area contributed by atoms with Gasteiger partial charge in [0.25, 0.3) is 0 Å². The third-order valence-corrected chi connectivity index (χ3v) is 5.95. The number of fused-ring (bicyclic) bond motifs is 2. The molecule has 2 aliphatic heterocycles. The van der Waals surface area contributed by atoms with Gasteiger partial charge in [0.15, 0.2) is 17.7 Å². The van der Waals surface area contributed by atoms with Gasteiger partial charge in [-0.3, -0.25) is 0 Å². The molecule has 152 valence electrons. The highest BCUT2D eigenvalue weighted by Crippen LogP contribution is 2.50. The SMILES string of the molecule is c1ccc(C2(c3ccccc3)O[C@@H](c3ccc4c(c3)OCO4)Nc3ccccc32)cc1. The van der Waals surface area contributed by atoms with Gasteiger partial charge in [-0.1, -0.05) is 84.9 Å². The third-order valence-electron chi connectivity index (χ3n) is 5.95. The number of para-hydroxylation sites is 1. The van der Waals surface area contributed by atoms with Crippen molar-refractivity contribution in [3.8, 4) is 11.5 Å². The summed E-state index contributed by atoms with van der Waals surface area (Å²) in [6.07, 6.45) is -0.371. The molecule has 2 aliphatic rings. The van der Waals surface area contributed by atoms with Crippen LogP contribution < -0.4 is 14.8 Å². The molecule has 0 fully saturated rings. The average Bonchev–Trinajstić information content (AvgIpc) is 3.32. The minimum absolute atomic E-state index is 0.249. The largest absolute Gasteiger partial charge is 0.454 e.